The van der Waals surface area contributed by atoms with Crippen LogP contribution in [0.4, 0.5) is 24.5 Å². The average Bonchev–Trinajstić information content (AvgIpc) is 2.70. The molecule has 28 heavy (non-hydrogen) atoms. The molecule has 1 heterocycles. The SMILES string of the molecule is O=C(C[NH+]1CCC(C(=O)Nc2ccccc2)CC1)Nc1ccc(F)c(F)c1F. The normalized spacial score (nSPS) is 19.1. The maximum absolute atomic E-state index is 13.6. The van der Waals surface area contributed by atoms with Crippen LogP contribution in [0.5, 0.6) is 0 Å². The Kier molecular flexibility index (Phi) is 6.30. The van der Waals surface area contributed by atoms with Gasteiger partial charge >= 0.3 is 0 Å². The fourth-order valence-electron chi connectivity index (χ4n) is 3.27. The third-order valence-corrected chi connectivity index (χ3v) is 4.82. The van der Waals surface area contributed by atoms with Gasteiger partial charge in [-0.2, -0.15) is 0 Å². The highest BCUT2D eigenvalue weighted by Gasteiger charge is 2.29. The predicted octanol–water partition coefficient (Wildman–Crippen LogP) is 1.98. The lowest BCUT2D eigenvalue weighted by Crippen LogP contribution is -3.14. The summed E-state index contributed by atoms with van der Waals surface area (Å²) in [6.07, 6.45) is 1.25. The fourth-order valence-corrected chi connectivity index (χ4v) is 3.27. The van der Waals surface area contributed by atoms with Gasteiger partial charge in [0.25, 0.3) is 5.91 Å². The Balaban J connectivity index is 1.47. The molecule has 0 unspecified atom stereocenters. The topological polar surface area (TPSA) is 62.6 Å². The molecule has 1 fully saturated rings. The van der Waals surface area contributed by atoms with E-state index in [2.05, 4.69) is 10.6 Å². The maximum Gasteiger partial charge on any atom is 0.279 e. The van der Waals surface area contributed by atoms with Crippen LogP contribution in [0.3, 0.4) is 0 Å². The molecule has 8 heteroatoms. The molecule has 2 aromatic rings. The number of carbonyl (C=O) groups excluding carboxylic acids is 2. The van der Waals surface area contributed by atoms with E-state index in [1.165, 1.54) is 0 Å². The average molecular weight is 392 g/mol. The molecular formula is C20H21F3N3O2+. The molecule has 1 saturated heterocycles. The predicted molar refractivity (Wildman–Crippen MR) is 98.3 cm³/mol. The first-order chi connectivity index (χ1) is 13.4. The number of para-hydroxylation sites is 1. The van der Waals surface area contributed by atoms with E-state index in [4.69, 9.17) is 0 Å². The maximum atomic E-state index is 13.6. The second kappa shape index (κ2) is 8.88. The molecule has 2 aromatic carbocycles. The van der Waals surface area contributed by atoms with Gasteiger partial charge in [0.15, 0.2) is 24.0 Å². The summed E-state index contributed by atoms with van der Waals surface area (Å²) in [6, 6.07) is 10.9. The van der Waals surface area contributed by atoms with Crippen LogP contribution in [0.2, 0.25) is 0 Å². The number of carbonyl (C=O) groups is 2. The van der Waals surface area contributed by atoms with E-state index in [0.717, 1.165) is 22.7 Å². The van der Waals surface area contributed by atoms with E-state index in [-0.39, 0.29) is 24.1 Å². The minimum Gasteiger partial charge on any atom is -0.327 e. The van der Waals surface area contributed by atoms with E-state index < -0.39 is 23.4 Å². The van der Waals surface area contributed by atoms with Crippen molar-refractivity contribution < 1.29 is 27.7 Å². The standard InChI is InChI=1S/C20H20F3N3O2/c21-15-6-7-16(19(23)18(15)22)25-17(27)12-26-10-8-13(9-11-26)20(28)24-14-4-2-1-3-5-14/h1-7,13H,8-12H2,(H,24,28)(H,25,27)/p+1. The van der Waals surface area contributed by atoms with E-state index in [1.807, 2.05) is 30.3 Å². The summed E-state index contributed by atoms with van der Waals surface area (Å²) in [5, 5.41) is 5.15. The van der Waals surface area contributed by atoms with E-state index in [0.29, 0.717) is 25.9 Å². The Labute approximate surface area is 160 Å². The van der Waals surface area contributed by atoms with Crippen molar-refractivity contribution >= 4 is 23.2 Å². The first kappa shape index (κ1) is 19.9. The second-order valence-corrected chi connectivity index (χ2v) is 6.83. The van der Waals surface area contributed by atoms with Crippen molar-refractivity contribution in [3.63, 3.8) is 0 Å². The fraction of sp³-hybridized carbons (Fsp3) is 0.300. The highest BCUT2D eigenvalue weighted by Crippen LogP contribution is 2.19. The number of rotatable bonds is 5. The minimum atomic E-state index is -1.62. The highest BCUT2D eigenvalue weighted by molar-refractivity contribution is 5.93. The van der Waals surface area contributed by atoms with Crippen molar-refractivity contribution in [2.24, 2.45) is 5.92 Å². The number of quaternary nitrogens is 1. The van der Waals surface area contributed by atoms with Gasteiger partial charge in [-0.3, -0.25) is 9.59 Å². The minimum absolute atomic E-state index is 0.0430. The number of nitrogens with one attached hydrogen (secondary N) is 3. The van der Waals surface area contributed by atoms with Gasteiger partial charge in [-0.25, -0.2) is 13.2 Å². The molecule has 1 aliphatic rings. The number of anilines is 2. The highest BCUT2D eigenvalue weighted by atomic mass is 19.2. The van der Waals surface area contributed by atoms with Gasteiger partial charge < -0.3 is 15.5 Å². The van der Waals surface area contributed by atoms with Gasteiger partial charge in [-0.05, 0) is 24.3 Å². The number of likely N-dealkylation sites (tertiary alicyclic amines) is 1. The van der Waals surface area contributed by atoms with Crippen molar-refractivity contribution in [3.8, 4) is 0 Å². The largest absolute Gasteiger partial charge is 0.327 e. The molecule has 0 saturated carbocycles. The van der Waals surface area contributed by atoms with Crippen LogP contribution in [-0.2, 0) is 9.59 Å². The van der Waals surface area contributed by atoms with Gasteiger partial charge in [0, 0.05) is 24.4 Å². The molecule has 5 nitrogen and oxygen atoms in total. The zero-order chi connectivity index (χ0) is 20.1. The van der Waals surface area contributed by atoms with Crippen molar-refractivity contribution in [1.82, 2.24) is 0 Å². The lowest BCUT2D eigenvalue weighted by atomic mass is 9.96. The van der Waals surface area contributed by atoms with Gasteiger partial charge in [-0.15, -0.1) is 0 Å². The zero-order valence-electron chi connectivity index (χ0n) is 15.1. The number of benzene rings is 2. The van der Waals surface area contributed by atoms with Crippen LogP contribution in [0, 0.1) is 23.4 Å². The van der Waals surface area contributed by atoms with Crippen LogP contribution in [0.1, 0.15) is 12.8 Å². The summed E-state index contributed by atoms with van der Waals surface area (Å²) >= 11 is 0. The van der Waals surface area contributed by atoms with Crippen LogP contribution in [0.25, 0.3) is 0 Å². The van der Waals surface area contributed by atoms with Crippen LogP contribution < -0.4 is 15.5 Å². The molecule has 2 amide bonds. The van der Waals surface area contributed by atoms with Gasteiger partial charge in [0.05, 0.1) is 18.8 Å². The van der Waals surface area contributed by atoms with Crippen molar-refractivity contribution in [1.29, 1.82) is 0 Å². The van der Waals surface area contributed by atoms with E-state index in [9.17, 15) is 22.8 Å². The van der Waals surface area contributed by atoms with Crippen molar-refractivity contribution in [2.45, 2.75) is 12.8 Å². The molecule has 3 N–H and O–H groups in total. The summed E-state index contributed by atoms with van der Waals surface area (Å²) in [7, 11) is 0. The summed E-state index contributed by atoms with van der Waals surface area (Å²) < 4.78 is 39.8. The molecule has 0 aliphatic carbocycles. The first-order valence-electron chi connectivity index (χ1n) is 9.07. The van der Waals surface area contributed by atoms with E-state index >= 15 is 0 Å². The molecular weight excluding hydrogens is 371 g/mol. The zero-order valence-corrected chi connectivity index (χ0v) is 15.1. The molecule has 0 aromatic heterocycles. The summed E-state index contributed by atoms with van der Waals surface area (Å²) in [5.41, 5.74) is 0.357. The molecule has 0 atom stereocenters. The Bertz CT molecular complexity index is 853. The van der Waals surface area contributed by atoms with Gasteiger partial charge in [0.1, 0.15) is 0 Å². The molecule has 3 rings (SSSR count). The summed E-state index contributed by atoms with van der Waals surface area (Å²) in [4.78, 5) is 25.4. The number of piperidine rings is 1. The Morgan fingerprint density at radius 2 is 1.61 bits per heavy atom. The Morgan fingerprint density at radius 3 is 2.29 bits per heavy atom. The lowest BCUT2D eigenvalue weighted by Gasteiger charge is -2.28. The van der Waals surface area contributed by atoms with Crippen LogP contribution in [-0.4, -0.2) is 31.4 Å². The number of hydrogen-bond acceptors (Lipinski definition) is 2. The van der Waals surface area contributed by atoms with Crippen molar-refractivity contribution in [2.75, 3.05) is 30.3 Å². The van der Waals surface area contributed by atoms with Crippen molar-refractivity contribution in [3.05, 3.63) is 59.9 Å². The number of hydrogen-bond donors (Lipinski definition) is 3. The summed E-state index contributed by atoms with van der Waals surface area (Å²) in [5.74, 6) is -5.01. The second-order valence-electron chi connectivity index (χ2n) is 6.83. The number of amides is 2. The molecule has 0 bridgehead atoms. The van der Waals surface area contributed by atoms with E-state index in [1.54, 1.807) is 0 Å². The van der Waals surface area contributed by atoms with Gasteiger partial charge in [-0.1, -0.05) is 18.2 Å². The monoisotopic (exact) mass is 392 g/mol. The Morgan fingerprint density at radius 1 is 0.929 bits per heavy atom. The van der Waals surface area contributed by atoms with Crippen LogP contribution in [0.15, 0.2) is 42.5 Å². The third kappa shape index (κ3) is 4.89. The Hall–Kier alpha value is -2.87. The summed E-state index contributed by atoms with van der Waals surface area (Å²) in [6.45, 7) is 1.28. The smallest absolute Gasteiger partial charge is 0.279 e. The van der Waals surface area contributed by atoms with Crippen LogP contribution >= 0.6 is 0 Å². The third-order valence-electron chi connectivity index (χ3n) is 4.82. The van der Waals surface area contributed by atoms with Gasteiger partial charge in [0.2, 0.25) is 5.91 Å². The lowest BCUT2D eigenvalue weighted by molar-refractivity contribution is -0.897. The first-order valence-corrected chi connectivity index (χ1v) is 9.07. The number of halogens is 3. The molecule has 148 valence electrons. The quantitative estimate of drug-likeness (QED) is 0.682. The molecule has 1 aliphatic heterocycles. The molecule has 0 radical (unpaired) electrons. The molecule has 0 spiro atoms.